The molecule has 2 N–H and O–H groups in total. The molecule has 1 aromatic carbocycles. The van der Waals surface area contributed by atoms with Gasteiger partial charge in [0.25, 0.3) is 10.0 Å². The molecule has 0 bridgehead atoms. The highest BCUT2D eigenvalue weighted by molar-refractivity contribution is 7.89. The number of aryl methyl sites for hydroxylation is 1. The van der Waals surface area contributed by atoms with E-state index in [1.54, 1.807) is 6.92 Å². The normalized spacial score (nSPS) is 13.1. The summed E-state index contributed by atoms with van der Waals surface area (Å²) in [5.41, 5.74) is 1.01. The molecule has 7 heteroatoms. The van der Waals surface area contributed by atoms with Gasteiger partial charge < -0.3 is 9.72 Å². The molecule has 0 aliphatic rings. The first-order valence-electron chi connectivity index (χ1n) is 6.18. The molecule has 0 aliphatic carbocycles. The second-order valence-corrected chi connectivity index (χ2v) is 6.20. The number of aromatic nitrogens is 2. The molecule has 0 amide bonds. The van der Waals surface area contributed by atoms with Crippen molar-refractivity contribution in [3.05, 3.63) is 42.4 Å². The lowest BCUT2D eigenvalue weighted by molar-refractivity contribution is 0.285. The van der Waals surface area contributed by atoms with Crippen LogP contribution in [-0.4, -0.2) is 31.0 Å². The number of aromatic amines is 1. The molecule has 0 aliphatic heterocycles. The highest BCUT2D eigenvalue weighted by Crippen LogP contribution is 2.16. The summed E-state index contributed by atoms with van der Waals surface area (Å²) >= 11 is 0. The number of ether oxygens (including phenoxy) is 1. The Bertz CT molecular complexity index is 653. The molecular weight excluding hydrogens is 278 g/mol. The summed E-state index contributed by atoms with van der Waals surface area (Å²) < 4.78 is 32.0. The Labute approximate surface area is 118 Å². The van der Waals surface area contributed by atoms with Crippen molar-refractivity contribution in [2.24, 2.45) is 0 Å². The van der Waals surface area contributed by atoms with Crippen LogP contribution in [0.15, 0.2) is 41.8 Å². The van der Waals surface area contributed by atoms with Crippen LogP contribution in [0.1, 0.15) is 12.5 Å². The number of rotatable bonds is 6. The van der Waals surface area contributed by atoms with Crippen molar-refractivity contribution in [3.8, 4) is 5.75 Å². The highest BCUT2D eigenvalue weighted by atomic mass is 32.2. The molecule has 6 nitrogen and oxygen atoms in total. The van der Waals surface area contributed by atoms with Crippen LogP contribution in [0, 0.1) is 6.92 Å². The summed E-state index contributed by atoms with van der Waals surface area (Å²) in [6, 6.07) is 7.23. The molecule has 20 heavy (non-hydrogen) atoms. The molecule has 2 aromatic rings. The SMILES string of the molecule is Cc1ccccc1OC[C@@H](C)NS(=O)(=O)c1cnc[nH]1. The minimum absolute atomic E-state index is 0.0419. The number of hydrogen-bond donors (Lipinski definition) is 2. The first kappa shape index (κ1) is 14.5. The van der Waals surface area contributed by atoms with Crippen LogP contribution in [0.3, 0.4) is 0 Å². The Morgan fingerprint density at radius 2 is 2.15 bits per heavy atom. The van der Waals surface area contributed by atoms with Crippen LogP contribution in [0.2, 0.25) is 0 Å². The molecule has 1 heterocycles. The predicted octanol–water partition coefficient (Wildman–Crippen LogP) is 1.46. The van der Waals surface area contributed by atoms with Crippen molar-refractivity contribution >= 4 is 10.0 Å². The van der Waals surface area contributed by atoms with E-state index in [1.165, 1.54) is 12.5 Å². The highest BCUT2D eigenvalue weighted by Gasteiger charge is 2.18. The molecule has 108 valence electrons. The number of hydrogen-bond acceptors (Lipinski definition) is 4. The average molecular weight is 295 g/mol. The fourth-order valence-corrected chi connectivity index (χ4v) is 2.82. The summed E-state index contributed by atoms with van der Waals surface area (Å²) in [5, 5.41) is 0.0419. The van der Waals surface area contributed by atoms with Gasteiger partial charge in [-0.25, -0.2) is 18.1 Å². The monoisotopic (exact) mass is 295 g/mol. The predicted molar refractivity (Wildman–Crippen MR) is 75.0 cm³/mol. The van der Waals surface area contributed by atoms with Crippen molar-refractivity contribution in [2.45, 2.75) is 24.9 Å². The topological polar surface area (TPSA) is 84.1 Å². The van der Waals surface area contributed by atoms with Gasteiger partial charge in [-0.15, -0.1) is 0 Å². The largest absolute Gasteiger partial charge is 0.492 e. The van der Waals surface area contributed by atoms with Crippen molar-refractivity contribution in [2.75, 3.05) is 6.61 Å². The number of H-pyrrole nitrogens is 1. The fraction of sp³-hybridized carbons (Fsp3) is 0.308. The molecule has 0 saturated carbocycles. The molecule has 0 fully saturated rings. The number of imidazole rings is 1. The zero-order valence-electron chi connectivity index (χ0n) is 11.3. The van der Waals surface area contributed by atoms with Gasteiger partial charge in [-0.3, -0.25) is 0 Å². The van der Waals surface area contributed by atoms with E-state index in [2.05, 4.69) is 14.7 Å². The van der Waals surface area contributed by atoms with Gasteiger partial charge in [-0.2, -0.15) is 0 Å². The molecule has 0 spiro atoms. The maximum atomic E-state index is 11.9. The minimum Gasteiger partial charge on any atom is -0.492 e. The summed E-state index contributed by atoms with van der Waals surface area (Å²) in [4.78, 5) is 6.26. The first-order valence-corrected chi connectivity index (χ1v) is 7.66. The average Bonchev–Trinajstić information content (AvgIpc) is 2.92. The van der Waals surface area contributed by atoms with E-state index in [1.807, 2.05) is 31.2 Å². The van der Waals surface area contributed by atoms with Crippen molar-refractivity contribution in [1.82, 2.24) is 14.7 Å². The molecular formula is C13H17N3O3S. The quantitative estimate of drug-likeness (QED) is 0.845. The van der Waals surface area contributed by atoms with Gasteiger partial charge in [0, 0.05) is 0 Å². The van der Waals surface area contributed by atoms with E-state index in [-0.39, 0.29) is 17.7 Å². The Balaban J connectivity index is 1.93. The second kappa shape index (κ2) is 6.06. The van der Waals surface area contributed by atoms with Crippen LogP contribution in [0.4, 0.5) is 0 Å². The smallest absolute Gasteiger partial charge is 0.257 e. The van der Waals surface area contributed by atoms with E-state index in [0.717, 1.165) is 11.3 Å². The van der Waals surface area contributed by atoms with E-state index in [0.29, 0.717) is 0 Å². The zero-order valence-corrected chi connectivity index (χ0v) is 12.1. The number of sulfonamides is 1. The Hall–Kier alpha value is -1.86. The molecule has 0 saturated heterocycles. The third-order valence-corrected chi connectivity index (χ3v) is 4.22. The molecule has 0 radical (unpaired) electrons. The summed E-state index contributed by atoms with van der Waals surface area (Å²) in [6.07, 6.45) is 2.58. The van der Waals surface area contributed by atoms with Crippen LogP contribution >= 0.6 is 0 Å². The van der Waals surface area contributed by atoms with E-state index in [4.69, 9.17) is 4.74 Å². The van der Waals surface area contributed by atoms with Gasteiger partial charge in [0.1, 0.15) is 12.4 Å². The second-order valence-electron chi connectivity index (χ2n) is 4.51. The third-order valence-electron chi connectivity index (χ3n) is 2.70. The Morgan fingerprint density at radius 3 is 2.80 bits per heavy atom. The van der Waals surface area contributed by atoms with Crippen LogP contribution < -0.4 is 9.46 Å². The summed E-state index contributed by atoms with van der Waals surface area (Å²) in [5.74, 6) is 0.750. The summed E-state index contributed by atoms with van der Waals surface area (Å²) in [6.45, 7) is 3.93. The lowest BCUT2D eigenvalue weighted by Crippen LogP contribution is -2.37. The maximum absolute atomic E-state index is 11.9. The number of para-hydroxylation sites is 1. The third kappa shape index (κ3) is 3.58. The molecule has 1 aromatic heterocycles. The van der Waals surface area contributed by atoms with Gasteiger partial charge in [-0.05, 0) is 25.5 Å². The maximum Gasteiger partial charge on any atom is 0.257 e. The fourth-order valence-electron chi connectivity index (χ4n) is 1.69. The van der Waals surface area contributed by atoms with Crippen LogP contribution in [-0.2, 0) is 10.0 Å². The lowest BCUT2D eigenvalue weighted by atomic mass is 10.2. The van der Waals surface area contributed by atoms with Crippen molar-refractivity contribution < 1.29 is 13.2 Å². The first-order chi connectivity index (χ1) is 9.49. The van der Waals surface area contributed by atoms with E-state index >= 15 is 0 Å². The van der Waals surface area contributed by atoms with Gasteiger partial charge in [0.05, 0.1) is 18.6 Å². The number of nitrogens with zero attached hydrogens (tertiary/aromatic N) is 1. The van der Waals surface area contributed by atoms with Gasteiger partial charge in [0.15, 0.2) is 5.03 Å². The number of benzene rings is 1. The van der Waals surface area contributed by atoms with Gasteiger partial charge in [-0.1, -0.05) is 18.2 Å². The lowest BCUT2D eigenvalue weighted by Gasteiger charge is -2.15. The van der Waals surface area contributed by atoms with Crippen molar-refractivity contribution in [3.63, 3.8) is 0 Å². The zero-order chi connectivity index (χ0) is 14.6. The Kier molecular flexibility index (Phi) is 4.41. The van der Waals surface area contributed by atoms with Crippen molar-refractivity contribution in [1.29, 1.82) is 0 Å². The molecule has 1 atom stereocenters. The van der Waals surface area contributed by atoms with E-state index in [9.17, 15) is 8.42 Å². The van der Waals surface area contributed by atoms with Crippen LogP contribution in [0.25, 0.3) is 0 Å². The van der Waals surface area contributed by atoms with Gasteiger partial charge >= 0.3 is 0 Å². The number of nitrogens with one attached hydrogen (secondary N) is 2. The van der Waals surface area contributed by atoms with Crippen LogP contribution in [0.5, 0.6) is 5.75 Å². The summed E-state index contributed by atoms with van der Waals surface area (Å²) in [7, 11) is -3.58. The molecule has 0 unspecified atom stereocenters. The minimum atomic E-state index is -3.58. The van der Waals surface area contributed by atoms with E-state index < -0.39 is 10.0 Å². The van der Waals surface area contributed by atoms with Gasteiger partial charge in [0.2, 0.25) is 0 Å². The standard InChI is InChI=1S/C13H17N3O3S/c1-10-5-3-4-6-12(10)19-8-11(2)16-20(17,18)13-7-14-9-15-13/h3-7,9,11,16H,8H2,1-2H3,(H,14,15)/t11-/m1/s1. The molecule has 2 rings (SSSR count). The Morgan fingerprint density at radius 1 is 1.40 bits per heavy atom.